The minimum atomic E-state index is -0.281. The highest BCUT2D eigenvalue weighted by Gasteiger charge is 2.05. The number of alkyl halides is 1. The van der Waals surface area contributed by atoms with E-state index in [4.69, 9.17) is 0 Å². The Morgan fingerprint density at radius 1 is 1.31 bits per heavy atom. The van der Waals surface area contributed by atoms with E-state index in [1.165, 1.54) is 32.1 Å². The van der Waals surface area contributed by atoms with Crippen LogP contribution in [0.3, 0.4) is 0 Å². The molecule has 1 aliphatic carbocycles. The molecule has 0 spiro atoms. The van der Waals surface area contributed by atoms with Crippen LogP contribution in [0.1, 0.15) is 46.0 Å². The van der Waals surface area contributed by atoms with Crippen molar-refractivity contribution in [3.63, 3.8) is 0 Å². The van der Waals surface area contributed by atoms with Gasteiger partial charge in [-0.25, -0.2) is 4.39 Å². The molecule has 0 amide bonds. The third kappa shape index (κ3) is 8.23. The van der Waals surface area contributed by atoms with Crippen molar-refractivity contribution < 1.29 is 4.39 Å². The van der Waals surface area contributed by atoms with E-state index in [-0.39, 0.29) is 12.7 Å². The SMILES string of the molecule is CC1CCCCC1.CNC(C)CF. The highest BCUT2D eigenvalue weighted by Crippen LogP contribution is 2.21. The van der Waals surface area contributed by atoms with E-state index in [0.717, 1.165) is 5.92 Å². The van der Waals surface area contributed by atoms with E-state index in [9.17, 15) is 4.39 Å². The quantitative estimate of drug-likeness (QED) is 0.703. The summed E-state index contributed by atoms with van der Waals surface area (Å²) in [7, 11) is 1.74. The molecule has 1 nitrogen and oxygen atoms in total. The Morgan fingerprint density at radius 2 is 1.85 bits per heavy atom. The lowest BCUT2D eigenvalue weighted by Crippen LogP contribution is -2.22. The van der Waals surface area contributed by atoms with E-state index >= 15 is 0 Å². The second-order valence-electron chi connectivity index (χ2n) is 4.09. The zero-order valence-electron chi connectivity index (χ0n) is 9.28. The molecule has 0 bridgehead atoms. The fourth-order valence-corrected chi connectivity index (χ4v) is 1.38. The van der Waals surface area contributed by atoms with Crippen LogP contribution < -0.4 is 5.32 Å². The summed E-state index contributed by atoms with van der Waals surface area (Å²) in [6.07, 6.45) is 7.44. The maximum absolute atomic E-state index is 11.3. The lowest BCUT2D eigenvalue weighted by atomic mass is 9.91. The van der Waals surface area contributed by atoms with Gasteiger partial charge in [-0.3, -0.25) is 0 Å². The Balaban J connectivity index is 0.000000226. The van der Waals surface area contributed by atoms with Crippen LogP contribution in [-0.2, 0) is 0 Å². The van der Waals surface area contributed by atoms with Gasteiger partial charge in [-0.1, -0.05) is 39.0 Å². The van der Waals surface area contributed by atoms with Crippen molar-refractivity contribution in [3.05, 3.63) is 0 Å². The highest BCUT2D eigenvalue weighted by molar-refractivity contribution is 4.59. The van der Waals surface area contributed by atoms with Gasteiger partial charge in [0.25, 0.3) is 0 Å². The molecule has 2 heteroatoms. The van der Waals surface area contributed by atoms with Crippen molar-refractivity contribution in [2.75, 3.05) is 13.7 Å². The molecule has 0 aliphatic heterocycles. The van der Waals surface area contributed by atoms with Crippen molar-refractivity contribution in [3.8, 4) is 0 Å². The van der Waals surface area contributed by atoms with E-state index in [1.807, 2.05) is 0 Å². The average molecular weight is 189 g/mol. The summed E-state index contributed by atoms with van der Waals surface area (Å²) >= 11 is 0. The van der Waals surface area contributed by atoms with E-state index in [1.54, 1.807) is 14.0 Å². The van der Waals surface area contributed by atoms with Gasteiger partial charge in [0, 0.05) is 6.04 Å². The molecular weight excluding hydrogens is 165 g/mol. The third-order valence-corrected chi connectivity index (χ3v) is 2.62. The van der Waals surface area contributed by atoms with Crippen molar-refractivity contribution in [2.45, 2.75) is 52.0 Å². The number of rotatable bonds is 2. The van der Waals surface area contributed by atoms with Gasteiger partial charge in [-0.15, -0.1) is 0 Å². The van der Waals surface area contributed by atoms with Gasteiger partial charge in [0.05, 0.1) is 0 Å². The fraction of sp³-hybridized carbons (Fsp3) is 1.00. The summed E-state index contributed by atoms with van der Waals surface area (Å²) in [6.45, 7) is 3.87. The summed E-state index contributed by atoms with van der Waals surface area (Å²) in [5.74, 6) is 1.04. The molecule has 1 unspecified atom stereocenters. The Kier molecular flexibility index (Phi) is 8.41. The average Bonchev–Trinajstić information content (AvgIpc) is 2.19. The summed E-state index contributed by atoms with van der Waals surface area (Å²) in [6, 6.07) is 0.0185. The lowest BCUT2D eigenvalue weighted by molar-refractivity contribution is 0.385. The molecule has 0 saturated heterocycles. The third-order valence-electron chi connectivity index (χ3n) is 2.62. The molecule has 0 aromatic rings. The van der Waals surface area contributed by atoms with E-state index in [0.29, 0.717) is 0 Å². The van der Waals surface area contributed by atoms with Gasteiger partial charge in [0.15, 0.2) is 0 Å². The first-order chi connectivity index (χ1) is 6.20. The zero-order valence-corrected chi connectivity index (χ0v) is 9.28. The molecule has 1 rings (SSSR count). The van der Waals surface area contributed by atoms with Crippen molar-refractivity contribution in [2.24, 2.45) is 5.92 Å². The van der Waals surface area contributed by atoms with Crippen LogP contribution in [0, 0.1) is 5.92 Å². The minimum absolute atomic E-state index is 0.0185. The second kappa shape index (κ2) is 8.49. The Morgan fingerprint density at radius 3 is 2.00 bits per heavy atom. The molecule has 1 atom stereocenters. The lowest BCUT2D eigenvalue weighted by Gasteiger charge is -2.15. The van der Waals surface area contributed by atoms with E-state index in [2.05, 4.69) is 12.2 Å². The largest absolute Gasteiger partial charge is 0.315 e. The Bertz CT molecular complexity index is 96.3. The normalized spacial score (nSPS) is 20.3. The molecule has 0 radical (unpaired) electrons. The van der Waals surface area contributed by atoms with Gasteiger partial charge < -0.3 is 5.32 Å². The van der Waals surface area contributed by atoms with Crippen molar-refractivity contribution in [1.82, 2.24) is 5.32 Å². The predicted octanol–water partition coefficient (Wildman–Crippen LogP) is 3.15. The van der Waals surface area contributed by atoms with E-state index < -0.39 is 0 Å². The molecule has 0 aromatic heterocycles. The van der Waals surface area contributed by atoms with Crippen LogP contribution >= 0.6 is 0 Å². The van der Waals surface area contributed by atoms with Crippen LogP contribution in [0.4, 0.5) is 4.39 Å². The molecule has 0 aromatic carbocycles. The Labute approximate surface area is 82.1 Å². The molecule has 1 saturated carbocycles. The first-order valence-electron chi connectivity index (χ1n) is 5.44. The van der Waals surface area contributed by atoms with Gasteiger partial charge in [-0.05, 0) is 19.9 Å². The standard InChI is InChI=1S/C7H14.C4H10FN/c1-7-5-3-2-4-6-7;1-4(3-5)6-2/h7H,2-6H2,1H3;4,6H,3H2,1-2H3. The van der Waals surface area contributed by atoms with Gasteiger partial charge in [0.2, 0.25) is 0 Å². The number of halogens is 1. The minimum Gasteiger partial charge on any atom is -0.315 e. The topological polar surface area (TPSA) is 12.0 Å². The van der Waals surface area contributed by atoms with Crippen LogP contribution in [0.25, 0.3) is 0 Å². The molecular formula is C11H24FN. The van der Waals surface area contributed by atoms with Crippen LogP contribution in [0.2, 0.25) is 0 Å². The smallest absolute Gasteiger partial charge is 0.104 e. The molecule has 1 fully saturated rings. The van der Waals surface area contributed by atoms with Crippen molar-refractivity contribution >= 4 is 0 Å². The second-order valence-corrected chi connectivity index (χ2v) is 4.09. The highest BCUT2D eigenvalue weighted by atomic mass is 19.1. The fourth-order valence-electron chi connectivity index (χ4n) is 1.38. The van der Waals surface area contributed by atoms with Gasteiger partial charge in [-0.2, -0.15) is 0 Å². The molecule has 1 N–H and O–H groups in total. The summed E-state index contributed by atoms with van der Waals surface area (Å²) in [5.41, 5.74) is 0. The number of hydrogen-bond acceptors (Lipinski definition) is 1. The maximum Gasteiger partial charge on any atom is 0.104 e. The van der Waals surface area contributed by atoms with Gasteiger partial charge >= 0.3 is 0 Å². The first kappa shape index (κ1) is 12.9. The van der Waals surface area contributed by atoms with Crippen LogP contribution in [0.5, 0.6) is 0 Å². The molecule has 80 valence electrons. The summed E-state index contributed by atoms with van der Waals surface area (Å²) < 4.78 is 11.3. The zero-order chi connectivity index (χ0) is 10.1. The number of nitrogens with one attached hydrogen (secondary N) is 1. The van der Waals surface area contributed by atoms with Gasteiger partial charge in [0.1, 0.15) is 6.67 Å². The Hall–Kier alpha value is -0.110. The van der Waals surface area contributed by atoms with Crippen LogP contribution in [-0.4, -0.2) is 19.8 Å². The summed E-state index contributed by atoms with van der Waals surface area (Å²) in [4.78, 5) is 0. The first-order valence-corrected chi connectivity index (χ1v) is 5.44. The monoisotopic (exact) mass is 189 g/mol. The number of hydrogen-bond donors (Lipinski definition) is 1. The van der Waals surface area contributed by atoms with Crippen LogP contribution in [0.15, 0.2) is 0 Å². The summed E-state index contributed by atoms with van der Waals surface area (Å²) in [5, 5.41) is 2.74. The molecule has 1 aliphatic rings. The maximum atomic E-state index is 11.3. The predicted molar refractivity (Wildman–Crippen MR) is 56.7 cm³/mol. The molecule has 0 heterocycles. The van der Waals surface area contributed by atoms with Crippen molar-refractivity contribution in [1.29, 1.82) is 0 Å². The molecule has 13 heavy (non-hydrogen) atoms.